The van der Waals surface area contributed by atoms with E-state index in [1.54, 1.807) is 0 Å². The van der Waals surface area contributed by atoms with E-state index < -0.39 is 0 Å². The molecule has 0 aliphatic carbocycles. The number of carbonyl (C=O) groups is 1. The SMILES string of the molecule is COC(=O)C[C@@H]1CN(CCc2ccccn2)CCO1. The molecule has 0 aromatic carbocycles. The van der Waals surface area contributed by atoms with Gasteiger partial charge in [0.1, 0.15) is 0 Å². The van der Waals surface area contributed by atoms with Crippen molar-refractivity contribution in [2.75, 3.05) is 33.4 Å². The quantitative estimate of drug-likeness (QED) is 0.739. The van der Waals surface area contributed by atoms with E-state index in [4.69, 9.17) is 4.74 Å². The van der Waals surface area contributed by atoms with Crippen LogP contribution in [0.2, 0.25) is 0 Å². The van der Waals surface area contributed by atoms with Crippen molar-refractivity contribution in [3.63, 3.8) is 0 Å². The minimum absolute atomic E-state index is 0.0510. The zero-order valence-corrected chi connectivity index (χ0v) is 11.2. The lowest BCUT2D eigenvalue weighted by molar-refractivity contribution is -0.145. The Hall–Kier alpha value is -1.46. The van der Waals surface area contributed by atoms with Crippen LogP contribution in [0.25, 0.3) is 0 Å². The zero-order valence-electron chi connectivity index (χ0n) is 11.2. The zero-order chi connectivity index (χ0) is 13.5. The Kier molecular flexibility index (Phi) is 5.30. The third kappa shape index (κ3) is 4.61. The molecule has 5 heteroatoms. The van der Waals surface area contributed by atoms with E-state index in [0.717, 1.165) is 31.7 Å². The number of nitrogens with zero attached hydrogens (tertiary/aromatic N) is 2. The average molecular weight is 264 g/mol. The van der Waals surface area contributed by atoms with Crippen molar-refractivity contribution in [3.05, 3.63) is 30.1 Å². The first kappa shape index (κ1) is 14.0. The van der Waals surface area contributed by atoms with Gasteiger partial charge in [0.15, 0.2) is 0 Å². The molecule has 0 radical (unpaired) electrons. The summed E-state index contributed by atoms with van der Waals surface area (Å²) in [5.41, 5.74) is 1.10. The van der Waals surface area contributed by atoms with Crippen LogP contribution in [0.4, 0.5) is 0 Å². The second-order valence-corrected chi connectivity index (χ2v) is 4.64. The molecule has 0 unspecified atom stereocenters. The van der Waals surface area contributed by atoms with E-state index in [1.165, 1.54) is 7.11 Å². The predicted octanol–water partition coefficient (Wildman–Crippen LogP) is 0.888. The van der Waals surface area contributed by atoms with Crippen LogP contribution in [-0.4, -0.2) is 55.3 Å². The van der Waals surface area contributed by atoms with E-state index in [2.05, 4.69) is 14.6 Å². The van der Waals surface area contributed by atoms with Crippen LogP contribution in [0.5, 0.6) is 0 Å². The Labute approximate surface area is 113 Å². The van der Waals surface area contributed by atoms with Gasteiger partial charge in [0.05, 0.1) is 26.2 Å². The predicted molar refractivity (Wildman–Crippen MR) is 70.8 cm³/mol. The molecule has 0 saturated carbocycles. The van der Waals surface area contributed by atoms with Gasteiger partial charge < -0.3 is 9.47 Å². The minimum Gasteiger partial charge on any atom is -0.469 e. The van der Waals surface area contributed by atoms with Crippen LogP contribution in [0.3, 0.4) is 0 Å². The van der Waals surface area contributed by atoms with Crippen molar-refractivity contribution in [1.82, 2.24) is 9.88 Å². The van der Waals surface area contributed by atoms with Crippen molar-refractivity contribution in [2.45, 2.75) is 18.9 Å². The molecule has 1 aromatic heterocycles. The molecular weight excluding hydrogens is 244 g/mol. The summed E-state index contributed by atoms with van der Waals surface area (Å²) in [6, 6.07) is 5.96. The second kappa shape index (κ2) is 7.21. The number of ether oxygens (including phenoxy) is 2. The number of hydrogen-bond acceptors (Lipinski definition) is 5. The Morgan fingerprint density at radius 3 is 3.21 bits per heavy atom. The third-order valence-corrected chi connectivity index (χ3v) is 3.26. The van der Waals surface area contributed by atoms with Gasteiger partial charge in [-0.05, 0) is 12.1 Å². The lowest BCUT2D eigenvalue weighted by Crippen LogP contribution is -2.44. The molecule has 0 N–H and O–H groups in total. The standard InChI is InChI=1S/C14H20N2O3/c1-18-14(17)10-13-11-16(8-9-19-13)7-5-12-4-2-3-6-15-12/h2-4,6,13H,5,7-11H2,1H3/t13-/m1/s1. The fourth-order valence-electron chi connectivity index (χ4n) is 2.19. The number of pyridine rings is 1. The van der Waals surface area contributed by atoms with Crippen molar-refractivity contribution in [2.24, 2.45) is 0 Å². The van der Waals surface area contributed by atoms with Crippen LogP contribution in [0.15, 0.2) is 24.4 Å². The summed E-state index contributed by atoms with van der Waals surface area (Å²) < 4.78 is 10.2. The molecule has 1 aromatic rings. The number of methoxy groups -OCH3 is 1. The van der Waals surface area contributed by atoms with E-state index in [-0.39, 0.29) is 12.1 Å². The number of rotatable bonds is 5. The highest BCUT2D eigenvalue weighted by atomic mass is 16.5. The Morgan fingerprint density at radius 1 is 1.58 bits per heavy atom. The molecule has 0 spiro atoms. The molecule has 0 bridgehead atoms. The van der Waals surface area contributed by atoms with Gasteiger partial charge in [-0.25, -0.2) is 0 Å². The first-order chi connectivity index (χ1) is 9.28. The highest BCUT2D eigenvalue weighted by Crippen LogP contribution is 2.10. The smallest absolute Gasteiger partial charge is 0.308 e. The highest BCUT2D eigenvalue weighted by molar-refractivity contribution is 5.69. The number of esters is 1. The van der Waals surface area contributed by atoms with Gasteiger partial charge in [0.25, 0.3) is 0 Å². The third-order valence-electron chi connectivity index (χ3n) is 3.26. The summed E-state index contributed by atoms with van der Waals surface area (Å²) in [6.07, 6.45) is 3.02. The van der Waals surface area contributed by atoms with Gasteiger partial charge in [0, 0.05) is 37.9 Å². The molecule has 1 aliphatic heterocycles. The van der Waals surface area contributed by atoms with E-state index in [9.17, 15) is 4.79 Å². The highest BCUT2D eigenvalue weighted by Gasteiger charge is 2.22. The van der Waals surface area contributed by atoms with Gasteiger partial charge in [0.2, 0.25) is 0 Å². The first-order valence-corrected chi connectivity index (χ1v) is 6.58. The molecular formula is C14H20N2O3. The van der Waals surface area contributed by atoms with Crippen LogP contribution in [0.1, 0.15) is 12.1 Å². The topological polar surface area (TPSA) is 51.7 Å². The molecule has 1 fully saturated rings. The fraction of sp³-hybridized carbons (Fsp3) is 0.571. The molecule has 19 heavy (non-hydrogen) atoms. The number of morpholine rings is 1. The Morgan fingerprint density at radius 2 is 2.47 bits per heavy atom. The average Bonchev–Trinajstić information content (AvgIpc) is 2.46. The maximum absolute atomic E-state index is 11.2. The summed E-state index contributed by atoms with van der Waals surface area (Å²) in [5, 5.41) is 0. The van der Waals surface area contributed by atoms with Gasteiger partial charge >= 0.3 is 5.97 Å². The summed E-state index contributed by atoms with van der Waals surface area (Å²) in [5.74, 6) is -0.212. The van der Waals surface area contributed by atoms with Crippen LogP contribution >= 0.6 is 0 Å². The minimum atomic E-state index is -0.212. The summed E-state index contributed by atoms with van der Waals surface area (Å²) in [4.78, 5) is 17.9. The molecule has 104 valence electrons. The van der Waals surface area contributed by atoms with E-state index in [0.29, 0.717) is 13.0 Å². The summed E-state index contributed by atoms with van der Waals surface area (Å²) in [7, 11) is 1.41. The second-order valence-electron chi connectivity index (χ2n) is 4.64. The van der Waals surface area contributed by atoms with Gasteiger partial charge in [-0.2, -0.15) is 0 Å². The largest absolute Gasteiger partial charge is 0.469 e. The summed E-state index contributed by atoms with van der Waals surface area (Å²) >= 11 is 0. The maximum Gasteiger partial charge on any atom is 0.308 e. The number of aromatic nitrogens is 1. The number of hydrogen-bond donors (Lipinski definition) is 0. The van der Waals surface area contributed by atoms with E-state index >= 15 is 0 Å². The van der Waals surface area contributed by atoms with Gasteiger partial charge in [-0.15, -0.1) is 0 Å². The molecule has 0 amide bonds. The molecule has 5 nitrogen and oxygen atoms in total. The monoisotopic (exact) mass is 264 g/mol. The van der Waals surface area contributed by atoms with Crippen molar-refractivity contribution in [3.8, 4) is 0 Å². The van der Waals surface area contributed by atoms with Crippen molar-refractivity contribution < 1.29 is 14.3 Å². The normalized spacial score (nSPS) is 20.2. The van der Waals surface area contributed by atoms with Crippen LogP contribution < -0.4 is 0 Å². The van der Waals surface area contributed by atoms with E-state index in [1.807, 2.05) is 24.4 Å². The Balaban J connectivity index is 1.76. The van der Waals surface area contributed by atoms with Crippen molar-refractivity contribution in [1.29, 1.82) is 0 Å². The van der Waals surface area contributed by atoms with Crippen LogP contribution in [0, 0.1) is 0 Å². The van der Waals surface area contributed by atoms with Gasteiger partial charge in [-0.3, -0.25) is 14.7 Å². The lowest BCUT2D eigenvalue weighted by atomic mass is 10.2. The molecule has 1 saturated heterocycles. The first-order valence-electron chi connectivity index (χ1n) is 6.58. The molecule has 1 atom stereocenters. The maximum atomic E-state index is 11.2. The van der Waals surface area contributed by atoms with Crippen molar-refractivity contribution >= 4 is 5.97 Å². The lowest BCUT2D eigenvalue weighted by Gasteiger charge is -2.32. The fourth-order valence-corrected chi connectivity index (χ4v) is 2.19. The number of carbonyl (C=O) groups excluding carboxylic acids is 1. The van der Waals surface area contributed by atoms with Crippen LogP contribution in [-0.2, 0) is 20.7 Å². The molecule has 2 heterocycles. The molecule has 2 rings (SSSR count). The summed E-state index contributed by atoms with van der Waals surface area (Å²) in [6.45, 7) is 3.30. The van der Waals surface area contributed by atoms with Gasteiger partial charge in [-0.1, -0.05) is 6.07 Å². The molecule has 1 aliphatic rings. The Bertz CT molecular complexity index is 397.